The van der Waals surface area contributed by atoms with Crippen LogP contribution in [0.2, 0.25) is 0 Å². The molecule has 27 heavy (non-hydrogen) atoms. The van der Waals surface area contributed by atoms with E-state index in [0.29, 0.717) is 13.2 Å². The van der Waals surface area contributed by atoms with Crippen molar-refractivity contribution in [3.05, 3.63) is 35.4 Å². The quantitative estimate of drug-likeness (QED) is 0.833. The normalized spacial score (nSPS) is 26.7. The van der Waals surface area contributed by atoms with Crippen molar-refractivity contribution in [2.75, 3.05) is 40.0 Å². The molecule has 4 rings (SSSR count). The van der Waals surface area contributed by atoms with Crippen LogP contribution in [-0.2, 0) is 21.5 Å². The smallest absolute Gasteiger partial charge is 0.317 e. The van der Waals surface area contributed by atoms with Crippen molar-refractivity contribution < 1.29 is 14.3 Å². The summed E-state index contributed by atoms with van der Waals surface area (Å²) in [5, 5.41) is 3.16. The fraction of sp³-hybridized carbons (Fsp3) is 0.682. The molecule has 0 bridgehead atoms. The van der Waals surface area contributed by atoms with Crippen LogP contribution in [0.25, 0.3) is 0 Å². The minimum Gasteiger partial charge on any atom is -0.384 e. The fourth-order valence-electron chi connectivity index (χ4n) is 5.14. The number of rotatable bonds is 6. The second-order valence-corrected chi connectivity index (χ2v) is 8.54. The van der Waals surface area contributed by atoms with Gasteiger partial charge < -0.3 is 19.7 Å². The predicted molar refractivity (Wildman–Crippen MR) is 105 cm³/mol. The Hall–Kier alpha value is -1.59. The molecule has 148 valence electrons. The van der Waals surface area contributed by atoms with Crippen molar-refractivity contribution in [3.8, 4) is 0 Å². The number of nitrogens with one attached hydrogen (secondary N) is 1. The third-order valence-electron chi connectivity index (χ3n) is 7.06. The molecule has 5 heteroatoms. The Bertz CT molecular complexity index is 682. The summed E-state index contributed by atoms with van der Waals surface area (Å²) in [5.41, 5.74) is 2.34. The third kappa shape index (κ3) is 3.25. The molecule has 0 spiro atoms. The molecule has 3 aliphatic rings. The third-order valence-corrected chi connectivity index (χ3v) is 7.06. The summed E-state index contributed by atoms with van der Waals surface area (Å²) in [6.07, 6.45) is 5.67. The maximum atomic E-state index is 12.8. The van der Waals surface area contributed by atoms with E-state index in [1.54, 1.807) is 7.11 Å². The van der Waals surface area contributed by atoms with Gasteiger partial charge in [-0.3, -0.25) is 0 Å². The van der Waals surface area contributed by atoms with Crippen LogP contribution >= 0.6 is 0 Å². The highest BCUT2D eigenvalue weighted by atomic mass is 16.5. The Balaban J connectivity index is 1.38. The minimum absolute atomic E-state index is 0.0283. The number of carbonyl (C=O) groups is 1. The first-order valence-corrected chi connectivity index (χ1v) is 10.4. The second kappa shape index (κ2) is 7.44. The summed E-state index contributed by atoms with van der Waals surface area (Å²) in [6, 6.07) is 8.50. The number of methoxy groups -OCH3 is 1. The maximum Gasteiger partial charge on any atom is 0.317 e. The van der Waals surface area contributed by atoms with Crippen molar-refractivity contribution >= 4 is 6.03 Å². The standard InChI is InChI=1S/C22H32N2O3/c1-3-22(19-10-5-4-7-17(19)11-12-27-22)13-23-20(25)24-14-21(15-24,16-26-2)18-8-6-9-18/h4-5,7,10,18H,3,6,8-9,11-16H2,1-2H3,(H,23,25). The van der Waals surface area contributed by atoms with Gasteiger partial charge in [0.1, 0.15) is 5.60 Å². The molecule has 1 aliphatic carbocycles. The van der Waals surface area contributed by atoms with E-state index < -0.39 is 5.60 Å². The number of benzene rings is 1. The topological polar surface area (TPSA) is 50.8 Å². The molecule has 1 atom stereocenters. The number of likely N-dealkylation sites (tertiary alicyclic amines) is 1. The average Bonchev–Trinajstić information content (AvgIpc) is 2.62. The van der Waals surface area contributed by atoms with Crippen LogP contribution < -0.4 is 5.32 Å². The molecule has 1 saturated carbocycles. The summed E-state index contributed by atoms with van der Waals surface area (Å²) in [4.78, 5) is 14.7. The molecule has 1 N–H and O–H groups in total. The number of fused-ring (bicyclic) bond motifs is 1. The lowest BCUT2D eigenvalue weighted by atomic mass is 9.61. The summed E-state index contributed by atoms with van der Waals surface area (Å²) in [7, 11) is 1.77. The molecular weight excluding hydrogens is 340 g/mol. The highest BCUT2D eigenvalue weighted by Gasteiger charge is 2.52. The summed E-state index contributed by atoms with van der Waals surface area (Å²) in [6.45, 7) is 5.76. The van der Waals surface area contributed by atoms with E-state index in [9.17, 15) is 4.79 Å². The van der Waals surface area contributed by atoms with Gasteiger partial charge in [0.2, 0.25) is 0 Å². The number of hydrogen-bond donors (Lipinski definition) is 1. The van der Waals surface area contributed by atoms with Gasteiger partial charge in [-0.05, 0) is 42.7 Å². The highest BCUT2D eigenvalue weighted by Crippen LogP contribution is 2.48. The number of amides is 2. The van der Waals surface area contributed by atoms with Crippen LogP contribution in [0.5, 0.6) is 0 Å². The van der Waals surface area contributed by atoms with Gasteiger partial charge in [0, 0.05) is 25.6 Å². The van der Waals surface area contributed by atoms with Crippen LogP contribution in [0.4, 0.5) is 4.79 Å². The van der Waals surface area contributed by atoms with Crippen LogP contribution in [-0.4, -0.2) is 50.9 Å². The summed E-state index contributed by atoms with van der Waals surface area (Å²) >= 11 is 0. The van der Waals surface area contributed by atoms with Crippen LogP contribution in [0.3, 0.4) is 0 Å². The Morgan fingerprint density at radius 3 is 2.78 bits per heavy atom. The molecule has 1 saturated heterocycles. The van der Waals surface area contributed by atoms with Gasteiger partial charge in [-0.1, -0.05) is 37.6 Å². The van der Waals surface area contributed by atoms with Crippen molar-refractivity contribution in [2.24, 2.45) is 11.3 Å². The molecular formula is C22H32N2O3. The maximum absolute atomic E-state index is 12.8. The van der Waals surface area contributed by atoms with E-state index in [2.05, 4.69) is 36.5 Å². The molecule has 0 radical (unpaired) electrons. The Morgan fingerprint density at radius 2 is 2.11 bits per heavy atom. The Morgan fingerprint density at radius 1 is 1.33 bits per heavy atom. The van der Waals surface area contributed by atoms with Gasteiger partial charge in [0.05, 0.1) is 19.8 Å². The van der Waals surface area contributed by atoms with E-state index in [0.717, 1.165) is 38.5 Å². The lowest BCUT2D eigenvalue weighted by Gasteiger charge is -2.56. The van der Waals surface area contributed by atoms with Gasteiger partial charge in [0.25, 0.3) is 0 Å². The van der Waals surface area contributed by atoms with Gasteiger partial charge >= 0.3 is 6.03 Å². The van der Waals surface area contributed by atoms with E-state index >= 15 is 0 Å². The number of urea groups is 1. The first-order chi connectivity index (χ1) is 13.1. The van der Waals surface area contributed by atoms with Crippen molar-refractivity contribution in [3.63, 3.8) is 0 Å². The van der Waals surface area contributed by atoms with Crippen LogP contribution in [0.15, 0.2) is 24.3 Å². The van der Waals surface area contributed by atoms with E-state index in [-0.39, 0.29) is 11.4 Å². The molecule has 2 heterocycles. The number of hydrogen-bond acceptors (Lipinski definition) is 3. The molecule has 0 aromatic heterocycles. The molecule has 2 fully saturated rings. The first kappa shape index (κ1) is 18.8. The lowest BCUT2D eigenvalue weighted by Crippen LogP contribution is -2.66. The van der Waals surface area contributed by atoms with E-state index in [1.807, 2.05) is 4.90 Å². The van der Waals surface area contributed by atoms with Gasteiger partial charge in [0.15, 0.2) is 0 Å². The molecule has 2 aliphatic heterocycles. The summed E-state index contributed by atoms with van der Waals surface area (Å²) in [5.74, 6) is 0.719. The molecule has 5 nitrogen and oxygen atoms in total. The second-order valence-electron chi connectivity index (χ2n) is 8.54. The number of carbonyl (C=O) groups excluding carboxylic acids is 1. The van der Waals surface area contributed by atoms with Crippen molar-refractivity contribution in [1.29, 1.82) is 0 Å². The zero-order valence-corrected chi connectivity index (χ0v) is 16.6. The monoisotopic (exact) mass is 372 g/mol. The highest BCUT2D eigenvalue weighted by molar-refractivity contribution is 5.75. The zero-order valence-electron chi connectivity index (χ0n) is 16.6. The fourth-order valence-corrected chi connectivity index (χ4v) is 5.14. The first-order valence-electron chi connectivity index (χ1n) is 10.4. The number of ether oxygens (including phenoxy) is 2. The molecule has 1 aromatic carbocycles. The molecule has 1 unspecified atom stereocenters. The van der Waals surface area contributed by atoms with Crippen LogP contribution in [0.1, 0.15) is 43.7 Å². The predicted octanol–water partition coefficient (Wildman–Crippen LogP) is 3.32. The zero-order chi connectivity index (χ0) is 18.9. The van der Waals surface area contributed by atoms with Crippen molar-refractivity contribution in [1.82, 2.24) is 10.2 Å². The summed E-state index contributed by atoms with van der Waals surface area (Å²) < 4.78 is 11.7. The van der Waals surface area contributed by atoms with E-state index in [1.165, 1.54) is 30.4 Å². The molecule has 1 aromatic rings. The molecule has 2 amide bonds. The Labute approximate surface area is 162 Å². The van der Waals surface area contributed by atoms with Gasteiger partial charge in [-0.25, -0.2) is 4.79 Å². The minimum atomic E-state index is -0.410. The van der Waals surface area contributed by atoms with Gasteiger partial charge in [-0.2, -0.15) is 0 Å². The average molecular weight is 373 g/mol. The van der Waals surface area contributed by atoms with E-state index in [4.69, 9.17) is 9.47 Å². The SMILES string of the molecule is CCC1(CNC(=O)N2CC(COC)(C3CCC3)C2)OCCc2ccccc21. The lowest BCUT2D eigenvalue weighted by molar-refractivity contribution is -0.0960. The Kier molecular flexibility index (Phi) is 5.17. The van der Waals surface area contributed by atoms with Gasteiger partial charge in [-0.15, -0.1) is 0 Å². The largest absolute Gasteiger partial charge is 0.384 e. The number of nitrogens with zero attached hydrogens (tertiary/aromatic N) is 1. The van der Waals surface area contributed by atoms with Crippen LogP contribution in [0, 0.1) is 11.3 Å². The van der Waals surface area contributed by atoms with Crippen molar-refractivity contribution in [2.45, 2.75) is 44.6 Å².